The summed E-state index contributed by atoms with van der Waals surface area (Å²) in [6.45, 7) is 6.36. The minimum Gasteiger partial charge on any atom is -0.372 e. The normalized spacial score (nSPS) is 10.7. The van der Waals surface area contributed by atoms with Crippen LogP contribution in [0.5, 0.6) is 0 Å². The van der Waals surface area contributed by atoms with Gasteiger partial charge >= 0.3 is 0 Å². The van der Waals surface area contributed by atoms with E-state index in [1.807, 2.05) is 0 Å². The number of rotatable bonds is 8. The summed E-state index contributed by atoms with van der Waals surface area (Å²) < 4.78 is 2.16. The average molecular weight is 271 g/mol. The molecular formula is C17H25N3. The molecule has 0 saturated heterocycles. The van der Waals surface area contributed by atoms with Crippen molar-refractivity contribution in [2.24, 2.45) is 7.05 Å². The van der Waals surface area contributed by atoms with Crippen molar-refractivity contribution in [1.29, 1.82) is 0 Å². The Hall–Kier alpha value is -1.74. The Kier molecular flexibility index (Phi) is 5.69. The predicted molar refractivity (Wildman–Crippen MR) is 86.1 cm³/mol. The van der Waals surface area contributed by atoms with Gasteiger partial charge in [0.2, 0.25) is 0 Å². The summed E-state index contributed by atoms with van der Waals surface area (Å²) in [7, 11) is 2.09. The Labute approximate surface area is 122 Å². The first-order chi connectivity index (χ1) is 9.81. The Balaban J connectivity index is 1.68. The highest BCUT2D eigenvalue weighted by Crippen LogP contribution is 2.12. The smallest absolute Gasteiger partial charge is 0.0366 e. The van der Waals surface area contributed by atoms with Crippen LogP contribution in [-0.2, 0) is 13.6 Å². The van der Waals surface area contributed by atoms with Gasteiger partial charge in [-0.15, -0.1) is 0 Å². The minimum absolute atomic E-state index is 0.945. The van der Waals surface area contributed by atoms with E-state index in [2.05, 4.69) is 77.4 Å². The van der Waals surface area contributed by atoms with Gasteiger partial charge in [0.15, 0.2) is 0 Å². The van der Waals surface area contributed by atoms with Crippen LogP contribution in [-0.4, -0.2) is 24.2 Å². The first kappa shape index (κ1) is 14.7. The molecule has 0 bridgehead atoms. The van der Waals surface area contributed by atoms with E-state index < -0.39 is 0 Å². The molecule has 1 aromatic heterocycles. The average Bonchev–Trinajstić information content (AvgIpc) is 2.89. The molecule has 0 fully saturated rings. The molecule has 3 nitrogen and oxygen atoms in total. The topological polar surface area (TPSA) is 20.2 Å². The first-order valence-electron chi connectivity index (χ1n) is 7.42. The van der Waals surface area contributed by atoms with Crippen LogP contribution in [0.4, 0.5) is 5.69 Å². The quantitative estimate of drug-likeness (QED) is 0.745. The molecule has 0 aliphatic carbocycles. The number of para-hydroxylation sites is 1. The first-order valence-corrected chi connectivity index (χ1v) is 7.42. The van der Waals surface area contributed by atoms with Crippen molar-refractivity contribution >= 4 is 5.69 Å². The van der Waals surface area contributed by atoms with Crippen molar-refractivity contribution in [3.05, 3.63) is 54.4 Å². The molecule has 0 unspecified atom stereocenters. The van der Waals surface area contributed by atoms with Crippen molar-refractivity contribution in [2.75, 3.05) is 24.5 Å². The van der Waals surface area contributed by atoms with E-state index >= 15 is 0 Å². The van der Waals surface area contributed by atoms with Gasteiger partial charge in [-0.05, 0) is 44.2 Å². The minimum atomic E-state index is 0.945. The third-order valence-corrected chi connectivity index (χ3v) is 3.64. The second-order valence-electron chi connectivity index (χ2n) is 5.06. The third-order valence-electron chi connectivity index (χ3n) is 3.64. The largest absolute Gasteiger partial charge is 0.372 e. The molecule has 0 radical (unpaired) electrons. The number of hydrogen-bond donors (Lipinski definition) is 1. The van der Waals surface area contributed by atoms with Gasteiger partial charge in [0.25, 0.3) is 0 Å². The van der Waals surface area contributed by atoms with Crippen molar-refractivity contribution < 1.29 is 0 Å². The lowest BCUT2D eigenvalue weighted by molar-refractivity contribution is 0.617. The van der Waals surface area contributed by atoms with Crippen LogP contribution in [0.2, 0.25) is 0 Å². The molecule has 2 aromatic rings. The molecule has 0 aliphatic rings. The van der Waals surface area contributed by atoms with Crippen LogP contribution in [0.1, 0.15) is 19.0 Å². The maximum atomic E-state index is 3.51. The molecule has 0 amide bonds. The van der Waals surface area contributed by atoms with Gasteiger partial charge < -0.3 is 14.8 Å². The number of anilines is 1. The number of hydrogen-bond acceptors (Lipinski definition) is 2. The lowest BCUT2D eigenvalue weighted by Crippen LogP contribution is -2.27. The Morgan fingerprint density at radius 1 is 1.10 bits per heavy atom. The van der Waals surface area contributed by atoms with E-state index in [1.54, 1.807) is 0 Å². The van der Waals surface area contributed by atoms with Gasteiger partial charge in [-0.25, -0.2) is 0 Å². The van der Waals surface area contributed by atoms with Crippen LogP contribution in [0, 0.1) is 0 Å². The summed E-state index contributed by atoms with van der Waals surface area (Å²) in [5, 5.41) is 3.51. The molecule has 0 aliphatic heterocycles. The highest BCUT2D eigenvalue weighted by atomic mass is 15.1. The van der Waals surface area contributed by atoms with Gasteiger partial charge in [0, 0.05) is 44.3 Å². The van der Waals surface area contributed by atoms with Crippen LogP contribution < -0.4 is 10.2 Å². The summed E-state index contributed by atoms with van der Waals surface area (Å²) in [6, 6.07) is 14.9. The summed E-state index contributed by atoms with van der Waals surface area (Å²) in [5.74, 6) is 0. The maximum Gasteiger partial charge on any atom is 0.0366 e. The summed E-state index contributed by atoms with van der Waals surface area (Å²) >= 11 is 0. The highest BCUT2D eigenvalue weighted by molar-refractivity contribution is 5.45. The highest BCUT2D eigenvalue weighted by Gasteiger charge is 2.02. The molecule has 0 spiro atoms. The Morgan fingerprint density at radius 3 is 2.55 bits per heavy atom. The monoisotopic (exact) mass is 271 g/mol. The van der Waals surface area contributed by atoms with E-state index in [0.717, 1.165) is 32.6 Å². The SMILES string of the molecule is CCN(CCCNCc1cccn1C)c1ccccc1. The van der Waals surface area contributed by atoms with E-state index in [4.69, 9.17) is 0 Å². The molecule has 0 saturated carbocycles. The predicted octanol–water partition coefficient (Wildman–Crippen LogP) is 3.03. The number of aromatic nitrogens is 1. The fourth-order valence-corrected chi connectivity index (χ4v) is 2.40. The van der Waals surface area contributed by atoms with E-state index in [0.29, 0.717) is 0 Å². The summed E-state index contributed by atoms with van der Waals surface area (Å²) in [6.07, 6.45) is 3.25. The third kappa shape index (κ3) is 4.14. The lowest BCUT2D eigenvalue weighted by atomic mass is 10.2. The Bertz CT molecular complexity index is 490. The molecule has 20 heavy (non-hydrogen) atoms. The number of aryl methyl sites for hydroxylation is 1. The molecule has 2 rings (SSSR count). The fraction of sp³-hybridized carbons (Fsp3) is 0.412. The number of benzene rings is 1. The Morgan fingerprint density at radius 2 is 1.90 bits per heavy atom. The van der Waals surface area contributed by atoms with Gasteiger partial charge in [0.05, 0.1) is 0 Å². The standard InChI is InChI=1S/C17H25N3/c1-3-20(16-9-5-4-6-10-16)14-8-12-18-15-17-11-7-13-19(17)2/h4-7,9-11,13,18H,3,8,12,14-15H2,1-2H3. The van der Waals surface area contributed by atoms with Gasteiger partial charge in [-0.1, -0.05) is 18.2 Å². The molecule has 1 aromatic carbocycles. The second-order valence-corrected chi connectivity index (χ2v) is 5.06. The number of nitrogens with zero attached hydrogens (tertiary/aromatic N) is 2. The lowest BCUT2D eigenvalue weighted by Gasteiger charge is -2.23. The zero-order valence-corrected chi connectivity index (χ0v) is 12.5. The van der Waals surface area contributed by atoms with Crippen LogP contribution >= 0.6 is 0 Å². The second kappa shape index (κ2) is 7.75. The summed E-state index contributed by atoms with van der Waals surface area (Å²) in [4.78, 5) is 2.42. The van der Waals surface area contributed by atoms with Gasteiger partial charge in [0.1, 0.15) is 0 Å². The van der Waals surface area contributed by atoms with Crippen molar-refractivity contribution in [3.8, 4) is 0 Å². The molecule has 3 heteroatoms. The zero-order valence-electron chi connectivity index (χ0n) is 12.5. The molecule has 108 valence electrons. The molecule has 1 heterocycles. The van der Waals surface area contributed by atoms with Gasteiger partial charge in [-0.2, -0.15) is 0 Å². The molecular weight excluding hydrogens is 246 g/mol. The van der Waals surface area contributed by atoms with Crippen LogP contribution in [0.15, 0.2) is 48.7 Å². The van der Waals surface area contributed by atoms with Crippen molar-refractivity contribution in [3.63, 3.8) is 0 Å². The zero-order chi connectivity index (χ0) is 14.2. The van der Waals surface area contributed by atoms with Gasteiger partial charge in [-0.3, -0.25) is 0 Å². The van der Waals surface area contributed by atoms with Crippen LogP contribution in [0.3, 0.4) is 0 Å². The van der Waals surface area contributed by atoms with E-state index in [9.17, 15) is 0 Å². The molecule has 1 N–H and O–H groups in total. The van der Waals surface area contributed by atoms with E-state index in [1.165, 1.54) is 11.4 Å². The fourth-order valence-electron chi connectivity index (χ4n) is 2.40. The maximum absolute atomic E-state index is 3.51. The van der Waals surface area contributed by atoms with Crippen LogP contribution in [0.25, 0.3) is 0 Å². The summed E-state index contributed by atoms with van der Waals surface area (Å²) in [5.41, 5.74) is 2.65. The molecule has 0 atom stereocenters. The van der Waals surface area contributed by atoms with Crippen molar-refractivity contribution in [1.82, 2.24) is 9.88 Å². The number of nitrogens with one attached hydrogen (secondary N) is 1. The van der Waals surface area contributed by atoms with E-state index in [-0.39, 0.29) is 0 Å². The van der Waals surface area contributed by atoms with Crippen molar-refractivity contribution in [2.45, 2.75) is 19.9 Å².